The van der Waals surface area contributed by atoms with Crippen molar-refractivity contribution < 1.29 is 13.2 Å². The second-order valence-electron chi connectivity index (χ2n) is 2.70. The minimum Gasteiger partial charge on any atom is -0.359 e. The molecule has 0 heterocycles. The summed E-state index contributed by atoms with van der Waals surface area (Å²) in [5.74, 6) is 0. The summed E-state index contributed by atoms with van der Waals surface area (Å²) in [5.41, 5.74) is 0. The van der Waals surface area contributed by atoms with Crippen molar-refractivity contribution in [2.75, 3.05) is 7.11 Å². The van der Waals surface area contributed by atoms with Crippen molar-refractivity contribution >= 4 is 21.6 Å². The Balaban J connectivity index is 2.97. The first-order valence-corrected chi connectivity index (χ1v) is 5.45. The highest BCUT2D eigenvalue weighted by atomic mass is 35.5. The highest BCUT2D eigenvalue weighted by molar-refractivity contribution is 7.93. The van der Waals surface area contributed by atoms with Gasteiger partial charge in [0.05, 0.1) is 4.91 Å². The molecule has 0 aromatic heterocycles. The number of ether oxygens (including phenoxy) is 1. The van der Waals surface area contributed by atoms with Gasteiger partial charge in [-0.15, -0.1) is 0 Å². The molecule has 0 saturated heterocycles. The third-order valence-electron chi connectivity index (χ3n) is 1.75. The second kappa shape index (κ2) is 3.42. The van der Waals surface area contributed by atoms with E-state index in [1.807, 2.05) is 0 Å². The fraction of sp³-hybridized carbons (Fsp3) is 0.429. The molecule has 1 aliphatic carbocycles. The Labute approximate surface area is 82.1 Å². The number of hydrogen-bond acceptors (Lipinski definition) is 3. The molecule has 2 N–H and O–H groups in total. The summed E-state index contributed by atoms with van der Waals surface area (Å²) in [5, 5.41) is 3.86. The van der Waals surface area contributed by atoms with Crippen LogP contribution in [0.4, 0.5) is 0 Å². The fourth-order valence-corrected chi connectivity index (χ4v) is 1.97. The maximum absolute atomic E-state index is 11.0. The molecule has 0 aliphatic heterocycles. The molecule has 0 saturated carbocycles. The first-order chi connectivity index (χ1) is 5.87. The van der Waals surface area contributed by atoms with E-state index < -0.39 is 15.1 Å². The van der Waals surface area contributed by atoms with Crippen molar-refractivity contribution in [3.63, 3.8) is 0 Å². The standard InChI is InChI=1S/C7H10ClNO3S/c1-12-7(8)4-2-3-6(5-7)13(9,10)11/h2-4H,5H2,1H3,(H2,9,10,11). The van der Waals surface area contributed by atoms with Crippen molar-refractivity contribution in [2.45, 2.75) is 11.5 Å². The second-order valence-corrected chi connectivity index (χ2v) is 4.96. The van der Waals surface area contributed by atoms with E-state index in [9.17, 15) is 8.42 Å². The molecule has 1 rings (SSSR count). The van der Waals surface area contributed by atoms with Gasteiger partial charge in [-0.1, -0.05) is 17.7 Å². The van der Waals surface area contributed by atoms with Gasteiger partial charge in [0.2, 0.25) is 10.0 Å². The van der Waals surface area contributed by atoms with E-state index in [1.165, 1.54) is 19.3 Å². The van der Waals surface area contributed by atoms with Crippen molar-refractivity contribution in [3.8, 4) is 0 Å². The number of hydrogen-bond donors (Lipinski definition) is 1. The SMILES string of the molecule is COC1(Cl)C=CC=C(S(N)(=O)=O)C1. The van der Waals surface area contributed by atoms with E-state index in [0.29, 0.717) is 0 Å². The highest BCUT2D eigenvalue weighted by Crippen LogP contribution is 2.31. The van der Waals surface area contributed by atoms with Crippen LogP contribution in [0.2, 0.25) is 0 Å². The first kappa shape index (κ1) is 10.7. The number of methoxy groups -OCH3 is 1. The molecule has 4 nitrogen and oxygen atoms in total. The molecule has 0 amide bonds. The lowest BCUT2D eigenvalue weighted by Gasteiger charge is -2.24. The average Bonchev–Trinajstić information content (AvgIpc) is 2.03. The molecule has 0 aromatic carbocycles. The van der Waals surface area contributed by atoms with Gasteiger partial charge in [0.1, 0.15) is 0 Å². The smallest absolute Gasteiger partial charge is 0.234 e. The van der Waals surface area contributed by atoms with Crippen LogP contribution in [0.15, 0.2) is 23.1 Å². The monoisotopic (exact) mass is 223 g/mol. The van der Waals surface area contributed by atoms with Crippen LogP contribution in [-0.2, 0) is 14.8 Å². The number of alkyl halides is 1. The lowest BCUT2D eigenvalue weighted by Crippen LogP contribution is -2.28. The molecule has 0 fully saturated rings. The topological polar surface area (TPSA) is 69.4 Å². The van der Waals surface area contributed by atoms with Crippen molar-refractivity contribution in [1.29, 1.82) is 0 Å². The van der Waals surface area contributed by atoms with Crippen LogP contribution < -0.4 is 5.14 Å². The molecule has 0 bridgehead atoms. The predicted molar refractivity (Wildman–Crippen MR) is 50.5 cm³/mol. The molecule has 1 atom stereocenters. The van der Waals surface area contributed by atoms with Crippen LogP contribution in [-0.4, -0.2) is 20.6 Å². The van der Waals surface area contributed by atoms with Crippen molar-refractivity contribution in [1.82, 2.24) is 0 Å². The zero-order valence-corrected chi connectivity index (χ0v) is 8.60. The predicted octanol–water partition coefficient (Wildman–Crippen LogP) is 0.700. The van der Waals surface area contributed by atoms with Crippen LogP contribution in [0, 0.1) is 0 Å². The summed E-state index contributed by atoms with van der Waals surface area (Å²) >= 11 is 5.89. The van der Waals surface area contributed by atoms with E-state index in [1.54, 1.807) is 6.08 Å². The Bertz CT molecular complexity index is 360. The molecular formula is C7H10ClNO3S. The van der Waals surface area contributed by atoms with Gasteiger partial charge in [-0.3, -0.25) is 0 Å². The molecule has 0 radical (unpaired) electrons. The Hall–Kier alpha value is -0.360. The first-order valence-electron chi connectivity index (χ1n) is 3.53. The zero-order chi connectivity index (χ0) is 10.1. The third kappa shape index (κ3) is 2.54. The Morgan fingerprint density at radius 1 is 1.69 bits per heavy atom. The number of nitrogens with two attached hydrogens (primary N) is 1. The van der Waals surface area contributed by atoms with Gasteiger partial charge in [-0.05, 0) is 12.2 Å². The van der Waals surface area contributed by atoms with E-state index >= 15 is 0 Å². The van der Waals surface area contributed by atoms with E-state index in [-0.39, 0.29) is 11.3 Å². The number of allylic oxidation sites excluding steroid dienone is 2. The summed E-state index contributed by atoms with van der Waals surface area (Å²) in [7, 11) is -2.26. The van der Waals surface area contributed by atoms with Crippen LogP contribution in [0.3, 0.4) is 0 Å². The Morgan fingerprint density at radius 2 is 2.31 bits per heavy atom. The fourth-order valence-electron chi connectivity index (χ4n) is 0.990. The zero-order valence-electron chi connectivity index (χ0n) is 7.03. The maximum Gasteiger partial charge on any atom is 0.234 e. The normalized spacial score (nSPS) is 28.7. The summed E-state index contributed by atoms with van der Waals surface area (Å²) < 4.78 is 26.8. The summed E-state index contributed by atoms with van der Waals surface area (Å²) in [6, 6.07) is 0. The summed E-state index contributed by atoms with van der Waals surface area (Å²) in [6.07, 6.45) is 4.55. The molecule has 0 aromatic rings. The number of halogens is 1. The summed E-state index contributed by atoms with van der Waals surface area (Å²) in [6.45, 7) is 0. The van der Waals surface area contributed by atoms with Crippen LogP contribution in [0.1, 0.15) is 6.42 Å². The van der Waals surface area contributed by atoms with Gasteiger partial charge in [0.15, 0.2) is 5.06 Å². The molecule has 1 aliphatic rings. The van der Waals surface area contributed by atoms with Crippen LogP contribution in [0.25, 0.3) is 0 Å². The number of primary sulfonamides is 1. The highest BCUT2D eigenvalue weighted by Gasteiger charge is 2.30. The van der Waals surface area contributed by atoms with Gasteiger partial charge in [-0.25, -0.2) is 13.6 Å². The lowest BCUT2D eigenvalue weighted by atomic mass is 10.1. The van der Waals surface area contributed by atoms with Crippen molar-refractivity contribution in [2.24, 2.45) is 5.14 Å². The molecule has 6 heteroatoms. The van der Waals surface area contributed by atoms with Gasteiger partial charge in [0, 0.05) is 13.5 Å². The third-order valence-corrected chi connectivity index (χ3v) is 3.17. The minimum atomic E-state index is -3.66. The molecule has 13 heavy (non-hydrogen) atoms. The Kier molecular flexibility index (Phi) is 2.82. The van der Waals surface area contributed by atoms with Crippen LogP contribution in [0.5, 0.6) is 0 Å². The molecule has 74 valence electrons. The molecule has 1 unspecified atom stereocenters. The minimum absolute atomic E-state index is 0.0559. The van der Waals surface area contributed by atoms with Crippen LogP contribution >= 0.6 is 11.6 Å². The van der Waals surface area contributed by atoms with E-state index in [4.69, 9.17) is 21.5 Å². The van der Waals surface area contributed by atoms with Gasteiger partial charge < -0.3 is 4.74 Å². The van der Waals surface area contributed by atoms with Gasteiger partial charge in [0.25, 0.3) is 0 Å². The van der Waals surface area contributed by atoms with E-state index in [2.05, 4.69) is 0 Å². The largest absolute Gasteiger partial charge is 0.359 e. The van der Waals surface area contributed by atoms with Gasteiger partial charge >= 0.3 is 0 Å². The number of rotatable bonds is 2. The lowest BCUT2D eigenvalue weighted by molar-refractivity contribution is 0.105. The molecule has 0 spiro atoms. The van der Waals surface area contributed by atoms with E-state index in [0.717, 1.165) is 0 Å². The quantitative estimate of drug-likeness (QED) is 0.701. The number of sulfonamides is 1. The van der Waals surface area contributed by atoms with Gasteiger partial charge in [-0.2, -0.15) is 0 Å². The maximum atomic E-state index is 11.0. The average molecular weight is 224 g/mol. The Morgan fingerprint density at radius 3 is 2.77 bits per heavy atom. The van der Waals surface area contributed by atoms with Crippen molar-refractivity contribution in [3.05, 3.63) is 23.1 Å². The summed E-state index contributed by atoms with van der Waals surface area (Å²) in [4.78, 5) is 0.0758. The molecular weight excluding hydrogens is 214 g/mol.